The predicted molar refractivity (Wildman–Crippen MR) is 102 cm³/mol. The summed E-state index contributed by atoms with van der Waals surface area (Å²) in [6, 6.07) is 12.4. The molecule has 6 nitrogen and oxygen atoms in total. The van der Waals surface area contributed by atoms with E-state index in [1.54, 1.807) is 36.8 Å². The van der Waals surface area contributed by atoms with E-state index in [-0.39, 0.29) is 5.69 Å². The van der Waals surface area contributed by atoms with E-state index in [0.717, 1.165) is 35.4 Å². The molecule has 0 N–H and O–H groups in total. The third-order valence-electron chi connectivity index (χ3n) is 4.30. The number of aryl methyl sites for hydroxylation is 2. The molecule has 1 heterocycles. The highest BCUT2D eigenvalue weighted by Gasteiger charge is 2.21. The maximum Gasteiger partial charge on any atom is 0.269 e. The summed E-state index contributed by atoms with van der Waals surface area (Å²) in [6.45, 7) is 0. The van der Waals surface area contributed by atoms with Gasteiger partial charge in [-0.15, -0.1) is 0 Å². The lowest BCUT2D eigenvalue weighted by atomic mass is 9.93. The number of methoxy groups -OCH3 is 1. The number of fused-ring (bicyclic) bond motifs is 3. The Morgan fingerprint density at radius 3 is 2.77 bits per heavy atom. The molecule has 7 heteroatoms. The van der Waals surface area contributed by atoms with Crippen molar-refractivity contribution in [3.8, 4) is 17.0 Å². The van der Waals surface area contributed by atoms with Gasteiger partial charge in [-0.3, -0.25) is 10.1 Å². The van der Waals surface area contributed by atoms with Crippen LogP contribution in [0.3, 0.4) is 0 Å². The van der Waals surface area contributed by atoms with Crippen LogP contribution in [0, 0.1) is 10.1 Å². The number of aliphatic imine (C=N–C) groups is 1. The average Bonchev–Trinajstić information content (AvgIpc) is 3.09. The van der Waals surface area contributed by atoms with Gasteiger partial charge >= 0.3 is 0 Å². The van der Waals surface area contributed by atoms with Crippen molar-refractivity contribution in [1.29, 1.82) is 0 Å². The van der Waals surface area contributed by atoms with Crippen LogP contribution in [0.2, 0.25) is 0 Å². The second-order valence-electron chi connectivity index (χ2n) is 5.90. The molecule has 3 aromatic rings. The smallest absolute Gasteiger partial charge is 0.269 e. The Balaban J connectivity index is 1.60. The SMILES string of the molecule is COc1ccc2c(c1)CCc1sc(N=Cc3ccc([N+](=O)[O-])cc3)nc1-2. The predicted octanol–water partition coefficient (Wildman–Crippen LogP) is 4.58. The van der Waals surface area contributed by atoms with Gasteiger partial charge in [-0.2, -0.15) is 0 Å². The zero-order chi connectivity index (χ0) is 18.1. The first-order valence-electron chi connectivity index (χ1n) is 8.09. The van der Waals surface area contributed by atoms with Crippen molar-refractivity contribution < 1.29 is 9.66 Å². The molecule has 0 spiro atoms. The van der Waals surface area contributed by atoms with Gasteiger partial charge < -0.3 is 4.74 Å². The molecule has 0 atom stereocenters. The fraction of sp³-hybridized carbons (Fsp3) is 0.158. The van der Waals surface area contributed by atoms with Crippen molar-refractivity contribution >= 4 is 28.4 Å². The van der Waals surface area contributed by atoms with Gasteiger partial charge in [0.15, 0.2) is 0 Å². The van der Waals surface area contributed by atoms with E-state index in [0.29, 0.717) is 5.13 Å². The van der Waals surface area contributed by atoms with Crippen LogP contribution in [-0.4, -0.2) is 23.2 Å². The molecule has 0 amide bonds. The Kier molecular flexibility index (Phi) is 4.22. The third kappa shape index (κ3) is 3.09. The Morgan fingerprint density at radius 1 is 1.23 bits per heavy atom. The van der Waals surface area contributed by atoms with Crippen molar-refractivity contribution in [2.45, 2.75) is 12.8 Å². The molecule has 0 saturated heterocycles. The second kappa shape index (κ2) is 6.68. The standard InChI is InChI=1S/C19H15N3O3S/c1-25-15-7-8-16-13(10-15)4-9-17-18(16)21-19(26-17)20-11-12-2-5-14(6-3-12)22(23)24/h2-3,5-8,10-11H,4,9H2,1H3. The summed E-state index contributed by atoms with van der Waals surface area (Å²) in [5, 5.41) is 11.4. The van der Waals surface area contributed by atoms with Crippen LogP contribution < -0.4 is 4.74 Å². The van der Waals surface area contributed by atoms with Crippen LogP contribution in [0.25, 0.3) is 11.3 Å². The van der Waals surface area contributed by atoms with Gasteiger partial charge in [-0.05, 0) is 54.3 Å². The molecule has 0 radical (unpaired) electrons. The van der Waals surface area contributed by atoms with E-state index in [1.807, 2.05) is 6.07 Å². The van der Waals surface area contributed by atoms with Gasteiger partial charge in [0.1, 0.15) is 5.75 Å². The molecular weight excluding hydrogens is 350 g/mol. The fourth-order valence-electron chi connectivity index (χ4n) is 2.97. The van der Waals surface area contributed by atoms with E-state index >= 15 is 0 Å². The van der Waals surface area contributed by atoms with Gasteiger partial charge in [0.25, 0.3) is 5.69 Å². The Bertz CT molecular complexity index is 1010. The van der Waals surface area contributed by atoms with Crippen molar-refractivity contribution in [3.05, 3.63) is 68.6 Å². The van der Waals surface area contributed by atoms with Gasteiger partial charge in [0.2, 0.25) is 5.13 Å². The number of rotatable bonds is 4. The molecule has 1 aliphatic rings. The largest absolute Gasteiger partial charge is 0.497 e. The Morgan fingerprint density at radius 2 is 2.04 bits per heavy atom. The number of nitrogens with zero attached hydrogens (tertiary/aromatic N) is 3. The lowest BCUT2D eigenvalue weighted by Crippen LogP contribution is -2.02. The minimum absolute atomic E-state index is 0.0684. The van der Waals surface area contributed by atoms with Crippen molar-refractivity contribution in [3.63, 3.8) is 0 Å². The molecular formula is C19H15N3O3S. The normalized spacial score (nSPS) is 12.7. The van der Waals surface area contributed by atoms with Crippen LogP contribution in [0.15, 0.2) is 47.5 Å². The maximum absolute atomic E-state index is 10.7. The van der Waals surface area contributed by atoms with E-state index in [4.69, 9.17) is 4.74 Å². The third-order valence-corrected chi connectivity index (χ3v) is 5.33. The van der Waals surface area contributed by atoms with Crippen molar-refractivity contribution in [2.75, 3.05) is 7.11 Å². The maximum atomic E-state index is 10.7. The highest BCUT2D eigenvalue weighted by Crippen LogP contribution is 2.40. The summed E-state index contributed by atoms with van der Waals surface area (Å²) in [5.41, 5.74) is 4.25. The van der Waals surface area contributed by atoms with Crippen molar-refractivity contribution in [1.82, 2.24) is 4.98 Å². The zero-order valence-corrected chi connectivity index (χ0v) is 14.8. The summed E-state index contributed by atoms with van der Waals surface area (Å²) in [4.78, 5) is 20.7. The van der Waals surface area contributed by atoms with Crippen LogP contribution in [-0.2, 0) is 12.8 Å². The van der Waals surface area contributed by atoms with Crippen LogP contribution in [0.1, 0.15) is 16.0 Å². The lowest BCUT2D eigenvalue weighted by molar-refractivity contribution is -0.384. The van der Waals surface area contributed by atoms with E-state index in [9.17, 15) is 10.1 Å². The molecule has 1 aliphatic carbocycles. The number of nitro groups is 1. The number of aromatic nitrogens is 1. The molecule has 130 valence electrons. The number of hydrogen-bond acceptors (Lipinski definition) is 6. The van der Waals surface area contributed by atoms with Crippen LogP contribution in [0.5, 0.6) is 5.75 Å². The first-order valence-corrected chi connectivity index (χ1v) is 8.91. The quantitative estimate of drug-likeness (QED) is 0.385. The zero-order valence-electron chi connectivity index (χ0n) is 14.0. The highest BCUT2D eigenvalue weighted by molar-refractivity contribution is 7.15. The van der Waals surface area contributed by atoms with Gasteiger partial charge in [-0.1, -0.05) is 11.3 Å². The molecule has 0 saturated carbocycles. The number of ether oxygens (including phenoxy) is 1. The highest BCUT2D eigenvalue weighted by atomic mass is 32.1. The molecule has 0 bridgehead atoms. The minimum atomic E-state index is -0.414. The summed E-state index contributed by atoms with van der Waals surface area (Å²) in [6.07, 6.45) is 3.59. The summed E-state index contributed by atoms with van der Waals surface area (Å²) >= 11 is 1.59. The molecule has 26 heavy (non-hydrogen) atoms. The molecule has 0 fully saturated rings. The molecule has 0 aliphatic heterocycles. The van der Waals surface area contributed by atoms with Gasteiger partial charge in [-0.25, -0.2) is 9.98 Å². The first kappa shape index (κ1) is 16.4. The molecule has 2 aromatic carbocycles. The molecule has 0 unspecified atom stereocenters. The monoisotopic (exact) mass is 365 g/mol. The number of nitro benzene ring substituents is 1. The number of hydrogen-bond donors (Lipinski definition) is 0. The number of thiazole rings is 1. The number of benzene rings is 2. The average molecular weight is 365 g/mol. The fourth-order valence-corrected chi connectivity index (χ4v) is 3.89. The molecule has 1 aromatic heterocycles. The van der Waals surface area contributed by atoms with Gasteiger partial charge in [0.05, 0.1) is 17.7 Å². The molecule has 4 rings (SSSR count). The summed E-state index contributed by atoms with van der Waals surface area (Å²) in [7, 11) is 1.67. The van der Waals surface area contributed by atoms with E-state index in [1.165, 1.54) is 22.6 Å². The first-order chi connectivity index (χ1) is 12.6. The number of non-ortho nitro benzene ring substituents is 1. The van der Waals surface area contributed by atoms with Crippen LogP contribution >= 0.6 is 11.3 Å². The lowest BCUT2D eigenvalue weighted by Gasteiger charge is -2.15. The summed E-state index contributed by atoms with van der Waals surface area (Å²) in [5.74, 6) is 0.860. The van der Waals surface area contributed by atoms with E-state index < -0.39 is 4.92 Å². The topological polar surface area (TPSA) is 77.6 Å². The minimum Gasteiger partial charge on any atom is -0.497 e. The second-order valence-corrected chi connectivity index (χ2v) is 6.96. The Labute approximate surface area is 154 Å². The van der Waals surface area contributed by atoms with Crippen LogP contribution in [0.4, 0.5) is 10.8 Å². The summed E-state index contributed by atoms with van der Waals surface area (Å²) < 4.78 is 5.30. The van der Waals surface area contributed by atoms with E-state index in [2.05, 4.69) is 22.1 Å². The Hall–Kier alpha value is -3.06. The van der Waals surface area contributed by atoms with Crippen molar-refractivity contribution in [2.24, 2.45) is 4.99 Å². The van der Waals surface area contributed by atoms with Gasteiger partial charge in [0, 0.05) is 28.8 Å².